The average molecular weight is 100 g/mol. The van der Waals surface area contributed by atoms with Crippen LogP contribution in [0.5, 0.6) is 0 Å². The lowest BCUT2D eigenvalue weighted by Gasteiger charge is -2.18. The van der Waals surface area contributed by atoms with E-state index in [0.717, 1.165) is 13.0 Å². The molecule has 0 aromatic heterocycles. The molecule has 0 amide bonds. The molecule has 7 heavy (non-hydrogen) atoms. The van der Waals surface area contributed by atoms with E-state index in [1.165, 1.54) is 0 Å². The molecule has 0 aromatic rings. The van der Waals surface area contributed by atoms with Gasteiger partial charge in [0.2, 0.25) is 0 Å². The maximum absolute atomic E-state index is 5.06. The summed E-state index contributed by atoms with van der Waals surface area (Å²) in [6.07, 6.45) is 1.27. The van der Waals surface area contributed by atoms with Gasteiger partial charge in [-0.25, -0.2) is 0 Å². The number of rotatable bonds is 0. The van der Waals surface area contributed by atoms with Crippen molar-refractivity contribution < 1.29 is 4.74 Å². The lowest BCUT2D eigenvalue weighted by Crippen LogP contribution is -2.31. The first-order valence-electron chi connectivity index (χ1n) is 2.55. The first kappa shape index (κ1) is 5.06. The molecule has 41 valence electrons. The molecule has 0 bridgehead atoms. The van der Waals surface area contributed by atoms with Crippen LogP contribution in [0.2, 0.25) is 0 Å². The van der Waals surface area contributed by atoms with Gasteiger partial charge in [-0.3, -0.25) is 5.32 Å². The van der Waals surface area contributed by atoms with Crippen molar-refractivity contribution >= 4 is 0 Å². The molecule has 1 fully saturated rings. The van der Waals surface area contributed by atoms with Gasteiger partial charge < -0.3 is 4.74 Å². The molecule has 0 aliphatic carbocycles. The number of hydrogen-bond donors (Lipinski definition) is 1. The van der Waals surface area contributed by atoms with E-state index in [9.17, 15) is 0 Å². The second kappa shape index (κ2) is 2.28. The van der Waals surface area contributed by atoms with Crippen LogP contribution >= 0.6 is 0 Å². The van der Waals surface area contributed by atoms with Crippen molar-refractivity contribution in [3.05, 3.63) is 6.92 Å². The molecule has 1 atom stereocenters. The van der Waals surface area contributed by atoms with Gasteiger partial charge in [-0.1, -0.05) is 0 Å². The summed E-state index contributed by atoms with van der Waals surface area (Å²) in [7, 11) is 0. The van der Waals surface area contributed by atoms with Gasteiger partial charge in [0.1, 0.15) is 0 Å². The second-order valence-electron chi connectivity index (χ2n) is 1.72. The number of ether oxygens (including phenoxy) is 1. The van der Waals surface area contributed by atoms with E-state index in [0.29, 0.717) is 6.73 Å². The molecule has 0 aromatic carbocycles. The molecule has 1 saturated heterocycles. The molecule has 2 heteroatoms. The van der Waals surface area contributed by atoms with Gasteiger partial charge in [0.25, 0.3) is 0 Å². The van der Waals surface area contributed by atoms with E-state index >= 15 is 0 Å². The zero-order valence-corrected chi connectivity index (χ0v) is 4.31. The Morgan fingerprint density at radius 1 is 1.71 bits per heavy atom. The number of nitrogens with one attached hydrogen (secondary N) is 1. The maximum Gasteiger partial charge on any atom is 0.0969 e. The highest BCUT2D eigenvalue weighted by molar-refractivity contribution is 4.64. The van der Waals surface area contributed by atoms with E-state index in [2.05, 4.69) is 12.2 Å². The molecule has 1 N–H and O–H groups in total. The zero-order chi connectivity index (χ0) is 5.11. The Kier molecular flexibility index (Phi) is 1.65. The average Bonchev–Trinajstić information content (AvgIpc) is 1.69. The fourth-order valence-electron chi connectivity index (χ4n) is 0.595. The van der Waals surface area contributed by atoms with Crippen LogP contribution in [-0.4, -0.2) is 19.4 Å². The summed E-state index contributed by atoms with van der Waals surface area (Å²) in [4.78, 5) is 0. The van der Waals surface area contributed by atoms with Crippen LogP contribution in [0.4, 0.5) is 0 Å². The summed E-state index contributed by atoms with van der Waals surface area (Å²) >= 11 is 0. The molecule has 0 spiro atoms. The largest absolute Gasteiger partial charge is 0.363 e. The molecule has 1 unspecified atom stereocenters. The fraction of sp³-hybridized carbons (Fsp3) is 0.800. The van der Waals surface area contributed by atoms with E-state index in [4.69, 9.17) is 4.74 Å². The maximum atomic E-state index is 5.06. The summed E-state index contributed by atoms with van der Waals surface area (Å²) in [5.41, 5.74) is 0. The SMILES string of the molecule is [CH2]C1CCNCO1. The van der Waals surface area contributed by atoms with Crippen LogP contribution in [0, 0.1) is 6.92 Å². The van der Waals surface area contributed by atoms with Crippen molar-refractivity contribution in [2.75, 3.05) is 13.3 Å². The molecular weight excluding hydrogens is 90.1 g/mol. The minimum Gasteiger partial charge on any atom is -0.363 e. The quantitative estimate of drug-likeness (QED) is 0.468. The summed E-state index contributed by atoms with van der Waals surface area (Å²) in [5, 5.41) is 3.05. The van der Waals surface area contributed by atoms with Crippen LogP contribution in [-0.2, 0) is 4.74 Å². The number of hydrogen-bond acceptors (Lipinski definition) is 2. The van der Waals surface area contributed by atoms with Crippen molar-refractivity contribution in [1.82, 2.24) is 5.32 Å². The van der Waals surface area contributed by atoms with Crippen LogP contribution in [0.3, 0.4) is 0 Å². The molecule has 0 saturated carbocycles. The minimum atomic E-state index is 0.223. The molecule has 2 nitrogen and oxygen atoms in total. The van der Waals surface area contributed by atoms with Crippen LogP contribution in [0.25, 0.3) is 0 Å². The van der Waals surface area contributed by atoms with Gasteiger partial charge in [0.15, 0.2) is 0 Å². The molecule has 1 rings (SSSR count). The van der Waals surface area contributed by atoms with Gasteiger partial charge in [-0.2, -0.15) is 0 Å². The highest BCUT2D eigenvalue weighted by atomic mass is 16.5. The molecule has 1 aliphatic heterocycles. The molecule has 1 heterocycles. The Labute approximate surface area is 43.9 Å². The topological polar surface area (TPSA) is 21.3 Å². The van der Waals surface area contributed by atoms with E-state index in [1.807, 2.05) is 0 Å². The minimum absolute atomic E-state index is 0.223. The standard InChI is InChI=1S/C5H10NO/c1-5-2-3-6-4-7-5/h5-6H,1-4H2. The van der Waals surface area contributed by atoms with Gasteiger partial charge in [0, 0.05) is 0 Å². The third-order valence-corrected chi connectivity index (χ3v) is 1.06. The molecule has 1 radical (unpaired) electrons. The smallest absolute Gasteiger partial charge is 0.0969 e. The summed E-state index contributed by atoms with van der Waals surface area (Å²) in [6.45, 7) is 5.46. The van der Waals surface area contributed by atoms with Crippen LogP contribution < -0.4 is 5.32 Å². The van der Waals surface area contributed by atoms with Crippen LogP contribution in [0.15, 0.2) is 0 Å². The molecular formula is C5H10NO. The predicted octanol–water partition coefficient (Wildman–Crippen LogP) is 0.156. The zero-order valence-electron chi connectivity index (χ0n) is 4.31. The Balaban J connectivity index is 2.12. The first-order valence-corrected chi connectivity index (χ1v) is 2.55. The van der Waals surface area contributed by atoms with E-state index < -0.39 is 0 Å². The van der Waals surface area contributed by atoms with Crippen molar-refractivity contribution in [1.29, 1.82) is 0 Å². The van der Waals surface area contributed by atoms with Crippen LogP contribution in [0.1, 0.15) is 6.42 Å². The van der Waals surface area contributed by atoms with Gasteiger partial charge in [0.05, 0.1) is 12.8 Å². The Morgan fingerprint density at radius 2 is 2.57 bits per heavy atom. The van der Waals surface area contributed by atoms with Gasteiger partial charge >= 0.3 is 0 Å². The Bertz CT molecular complexity index is 50.0. The normalized spacial score (nSPS) is 33.0. The lowest BCUT2D eigenvalue weighted by molar-refractivity contribution is 0.0349. The fourth-order valence-corrected chi connectivity index (χ4v) is 0.595. The summed E-state index contributed by atoms with van der Waals surface area (Å²) < 4.78 is 5.06. The highest BCUT2D eigenvalue weighted by Gasteiger charge is 2.05. The monoisotopic (exact) mass is 100 g/mol. The third-order valence-electron chi connectivity index (χ3n) is 1.06. The Hall–Kier alpha value is -0.0800. The Morgan fingerprint density at radius 3 is 2.86 bits per heavy atom. The van der Waals surface area contributed by atoms with Crippen molar-refractivity contribution in [3.63, 3.8) is 0 Å². The van der Waals surface area contributed by atoms with Crippen molar-refractivity contribution in [2.24, 2.45) is 0 Å². The van der Waals surface area contributed by atoms with Gasteiger partial charge in [-0.05, 0) is 19.9 Å². The summed E-state index contributed by atoms with van der Waals surface area (Å²) in [6, 6.07) is 0. The third kappa shape index (κ3) is 1.45. The van der Waals surface area contributed by atoms with Gasteiger partial charge in [-0.15, -0.1) is 0 Å². The van der Waals surface area contributed by atoms with E-state index in [-0.39, 0.29) is 6.10 Å². The first-order chi connectivity index (χ1) is 3.39. The second-order valence-corrected chi connectivity index (χ2v) is 1.72. The summed E-state index contributed by atoms with van der Waals surface area (Å²) in [5.74, 6) is 0. The lowest BCUT2D eigenvalue weighted by atomic mass is 10.3. The molecule has 1 aliphatic rings. The van der Waals surface area contributed by atoms with Crippen molar-refractivity contribution in [3.8, 4) is 0 Å². The predicted molar refractivity (Wildman–Crippen MR) is 27.7 cm³/mol. The van der Waals surface area contributed by atoms with E-state index in [1.54, 1.807) is 0 Å². The highest BCUT2D eigenvalue weighted by Crippen LogP contribution is 1.97. The van der Waals surface area contributed by atoms with Crippen molar-refractivity contribution in [2.45, 2.75) is 12.5 Å².